The molecule has 0 saturated heterocycles. The lowest BCUT2D eigenvalue weighted by molar-refractivity contribution is 0.288. The highest BCUT2D eigenvalue weighted by Crippen LogP contribution is 2.34. The second-order valence-corrected chi connectivity index (χ2v) is 7.05. The van der Waals surface area contributed by atoms with Gasteiger partial charge in [-0.1, -0.05) is 41.6 Å². The van der Waals surface area contributed by atoms with Crippen molar-refractivity contribution < 1.29 is 5.11 Å². The minimum Gasteiger partial charge on any atom is -0.396 e. The molecule has 0 atom stereocenters. The van der Waals surface area contributed by atoms with Gasteiger partial charge in [-0.15, -0.1) is 12.4 Å². The number of benzene rings is 2. The zero-order chi connectivity index (χ0) is 15.9. The summed E-state index contributed by atoms with van der Waals surface area (Å²) in [5.41, 5.74) is 2.52. The van der Waals surface area contributed by atoms with E-state index in [1.807, 2.05) is 12.1 Å². The number of halogens is 2. The van der Waals surface area contributed by atoms with E-state index in [9.17, 15) is 0 Å². The van der Waals surface area contributed by atoms with Gasteiger partial charge in [-0.3, -0.25) is 0 Å². The van der Waals surface area contributed by atoms with E-state index in [-0.39, 0.29) is 19.0 Å². The van der Waals surface area contributed by atoms with Crippen LogP contribution >= 0.6 is 35.8 Å². The topological polar surface area (TPSA) is 23.5 Å². The molecule has 0 heterocycles. The van der Waals surface area contributed by atoms with E-state index in [1.54, 1.807) is 11.8 Å². The number of hydrogen-bond acceptors (Lipinski definition) is 3. The predicted molar refractivity (Wildman–Crippen MR) is 102 cm³/mol. The molecule has 2 aromatic carbocycles. The molecule has 2 aromatic rings. The highest BCUT2D eigenvalue weighted by atomic mass is 35.5. The lowest BCUT2D eigenvalue weighted by atomic mass is 10.1. The van der Waals surface area contributed by atoms with Gasteiger partial charge in [-0.25, -0.2) is 0 Å². The van der Waals surface area contributed by atoms with Crippen molar-refractivity contribution in [3.63, 3.8) is 0 Å². The molecule has 126 valence electrons. The summed E-state index contributed by atoms with van der Waals surface area (Å²) in [6.07, 6.45) is 1.60. The van der Waals surface area contributed by atoms with Gasteiger partial charge in [0, 0.05) is 28.0 Å². The number of nitrogens with zero attached hydrogens (tertiary/aromatic N) is 1. The summed E-state index contributed by atoms with van der Waals surface area (Å²) in [6.45, 7) is 1.12. The van der Waals surface area contributed by atoms with Crippen molar-refractivity contribution in [3.8, 4) is 0 Å². The smallest absolute Gasteiger partial charge is 0.0434 e. The van der Waals surface area contributed by atoms with Crippen LogP contribution in [0.2, 0.25) is 5.02 Å². The number of rotatable bonds is 7. The standard InChI is InChI=1S/C18H22ClNOS.ClH/c1-20(2)13-15-6-3-4-8-17(15)22-18-10-9-16(19)12-14(18)7-5-11-21;/h3-4,6,8-10,12,21H,5,7,11,13H2,1-2H3;1H. The minimum absolute atomic E-state index is 0. The number of aryl methyl sites for hydroxylation is 1. The first kappa shape index (κ1) is 20.3. The first-order valence-electron chi connectivity index (χ1n) is 7.40. The maximum Gasteiger partial charge on any atom is 0.0434 e. The zero-order valence-corrected chi connectivity index (χ0v) is 15.8. The van der Waals surface area contributed by atoms with Crippen LogP contribution < -0.4 is 0 Å². The van der Waals surface area contributed by atoms with Gasteiger partial charge in [0.25, 0.3) is 0 Å². The largest absolute Gasteiger partial charge is 0.396 e. The Labute approximate surface area is 154 Å². The van der Waals surface area contributed by atoms with Crippen LogP contribution in [0, 0.1) is 0 Å². The van der Waals surface area contributed by atoms with Crippen molar-refractivity contribution in [2.24, 2.45) is 0 Å². The molecule has 1 N–H and O–H groups in total. The molecule has 0 amide bonds. The Morgan fingerprint density at radius 1 is 1.04 bits per heavy atom. The molecule has 0 radical (unpaired) electrons. The van der Waals surface area contributed by atoms with E-state index in [4.69, 9.17) is 16.7 Å². The average Bonchev–Trinajstić information content (AvgIpc) is 2.48. The van der Waals surface area contributed by atoms with Gasteiger partial charge in [-0.2, -0.15) is 0 Å². The second-order valence-electron chi connectivity index (χ2n) is 5.53. The van der Waals surface area contributed by atoms with Crippen molar-refractivity contribution in [1.29, 1.82) is 0 Å². The van der Waals surface area contributed by atoms with E-state index >= 15 is 0 Å². The number of hydrogen-bond donors (Lipinski definition) is 1. The summed E-state index contributed by atoms with van der Waals surface area (Å²) in [6, 6.07) is 14.5. The molecule has 0 aliphatic carbocycles. The average molecular weight is 372 g/mol. The molecule has 23 heavy (non-hydrogen) atoms. The third-order valence-corrected chi connectivity index (χ3v) is 4.78. The molecule has 5 heteroatoms. The van der Waals surface area contributed by atoms with Crippen molar-refractivity contribution in [1.82, 2.24) is 4.90 Å². The molecule has 0 saturated carbocycles. The molecule has 0 unspecified atom stereocenters. The molecule has 0 aliphatic rings. The van der Waals surface area contributed by atoms with Crippen LogP contribution in [0.5, 0.6) is 0 Å². The summed E-state index contributed by atoms with van der Waals surface area (Å²) >= 11 is 7.90. The quantitative estimate of drug-likeness (QED) is 0.748. The summed E-state index contributed by atoms with van der Waals surface area (Å²) < 4.78 is 0. The van der Waals surface area contributed by atoms with Crippen LogP contribution in [0.25, 0.3) is 0 Å². The fourth-order valence-electron chi connectivity index (χ4n) is 2.31. The van der Waals surface area contributed by atoms with Crippen molar-refractivity contribution >= 4 is 35.8 Å². The first-order valence-corrected chi connectivity index (χ1v) is 8.59. The summed E-state index contributed by atoms with van der Waals surface area (Å²) in [4.78, 5) is 4.65. The zero-order valence-electron chi connectivity index (χ0n) is 13.5. The van der Waals surface area contributed by atoms with Crippen molar-refractivity contribution in [2.75, 3.05) is 20.7 Å². The number of aliphatic hydroxyl groups is 1. The van der Waals surface area contributed by atoms with E-state index in [2.05, 4.69) is 49.3 Å². The summed E-state index contributed by atoms with van der Waals surface area (Å²) in [5, 5.41) is 9.82. The number of aliphatic hydroxyl groups excluding tert-OH is 1. The Morgan fingerprint density at radius 3 is 2.43 bits per heavy atom. The maximum absolute atomic E-state index is 9.08. The monoisotopic (exact) mass is 371 g/mol. The third kappa shape index (κ3) is 6.36. The van der Waals surface area contributed by atoms with Crippen LogP contribution in [0.4, 0.5) is 0 Å². The van der Waals surface area contributed by atoms with Gasteiger partial charge in [0.15, 0.2) is 0 Å². The Balaban J connectivity index is 0.00000264. The first-order chi connectivity index (χ1) is 10.6. The SMILES string of the molecule is CN(C)Cc1ccccc1Sc1ccc(Cl)cc1CCCO.Cl. The van der Waals surface area contributed by atoms with Crippen LogP contribution in [0.15, 0.2) is 52.3 Å². The highest BCUT2D eigenvalue weighted by molar-refractivity contribution is 7.99. The van der Waals surface area contributed by atoms with Gasteiger partial charge in [0.2, 0.25) is 0 Å². The third-order valence-electron chi connectivity index (χ3n) is 3.31. The summed E-state index contributed by atoms with van der Waals surface area (Å²) in [5.74, 6) is 0. The highest BCUT2D eigenvalue weighted by Gasteiger charge is 2.09. The molecule has 2 nitrogen and oxygen atoms in total. The fraction of sp³-hybridized carbons (Fsp3) is 0.333. The van der Waals surface area contributed by atoms with Crippen molar-refractivity contribution in [3.05, 3.63) is 58.6 Å². The van der Waals surface area contributed by atoms with E-state index < -0.39 is 0 Å². The normalized spacial score (nSPS) is 10.7. The maximum atomic E-state index is 9.08. The molecule has 0 fully saturated rings. The van der Waals surface area contributed by atoms with Crippen LogP contribution in [-0.2, 0) is 13.0 Å². The predicted octanol–water partition coefficient (Wildman–Crippen LogP) is 4.90. The lowest BCUT2D eigenvalue weighted by Crippen LogP contribution is -2.11. The Hall–Kier alpha value is -0.710. The fourth-order valence-corrected chi connectivity index (χ4v) is 3.58. The Kier molecular flexibility index (Phi) is 9.03. The second kappa shape index (κ2) is 10.2. The van der Waals surface area contributed by atoms with Crippen LogP contribution in [0.1, 0.15) is 17.5 Å². The van der Waals surface area contributed by atoms with E-state index in [0.717, 1.165) is 24.4 Å². The molecule has 0 aliphatic heterocycles. The molecule has 2 rings (SSSR count). The Bertz CT molecular complexity index is 620. The van der Waals surface area contributed by atoms with Gasteiger partial charge in [0.1, 0.15) is 0 Å². The van der Waals surface area contributed by atoms with Gasteiger partial charge in [0.05, 0.1) is 0 Å². The lowest BCUT2D eigenvalue weighted by Gasteiger charge is -2.15. The molecule has 0 bridgehead atoms. The van der Waals surface area contributed by atoms with E-state index in [0.29, 0.717) is 0 Å². The van der Waals surface area contributed by atoms with E-state index in [1.165, 1.54) is 20.9 Å². The van der Waals surface area contributed by atoms with Crippen LogP contribution in [0.3, 0.4) is 0 Å². The minimum atomic E-state index is 0. The van der Waals surface area contributed by atoms with Gasteiger partial charge < -0.3 is 10.0 Å². The Morgan fingerprint density at radius 2 is 1.74 bits per heavy atom. The molecular weight excluding hydrogens is 349 g/mol. The molecule has 0 spiro atoms. The molecular formula is C18H23Cl2NOS. The summed E-state index contributed by atoms with van der Waals surface area (Å²) in [7, 11) is 4.16. The van der Waals surface area contributed by atoms with Gasteiger partial charge >= 0.3 is 0 Å². The van der Waals surface area contributed by atoms with Gasteiger partial charge in [-0.05, 0) is 62.3 Å². The van der Waals surface area contributed by atoms with Crippen LogP contribution in [-0.4, -0.2) is 30.7 Å². The van der Waals surface area contributed by atoms with Crippen molar-refractivity contribution in [2.45, 2.75) is 29.2 Å². The molecule has 0 aromatic heterocycles.